The average Bonchev–Trinajstić information content (AvgIpc) is 3.70. The van der Waals surface area contributed by atoms with Gasteiger partial charge in [0, 0.05) is 36.6 Å². The van der Waals surface area contributed by atoms with Crippen LogP contribution in [0.1, 0.15) is 74.3 Å². The van der Waals surface area contributed by atoms with Crippen molar-refractivity contribution in [3.8, 4) is 11.1 Å². The molecule has 0 fully saturated rings. The number of nitrogens with zero attached hydrogens (tertiary/aromatic N) is 4. The molecule has 0 aliphatic heterocycles. The molecule has 0 radical (unpaired) electrons. The van der Waals surface area contributed by atoms with E-state index in [0.717, 1.165) is 11.5 Å². The summed E-state index contributed by atoms with van der Waals surface area (Å²) in [5, 5.41) is -0.504. The lowest BCUT2D eigenvalue weighted by molar-refractivity contribution is -0.138. The number of aromatic nitrogens is 2. The van der Waals surface area contributed by atoms with Gasteiger partial charge in [0.15, 0.2) is 5.16 Å². The molecule has 48 heavy (non-hydrogen) atoms. The van der Waals surface area contributed by atoms with Crippen LogP contribution in [0.4, 0.5) is 17.6 Å². The van der Waals surface area contributed by atoms with Gasteiger partial charge in [0.05, 0.1) is 26.1 Å². The number of hydrogen-bond donors (Lipinski definition) is 0. The van der Waals surface area contributed by atoms with Crippen LogP contribution in [0.2, 0.25) is 0 Å². The van der Waals surface area contributed by atoms with Gasteiger partial charge in [-0.15, -0.1) is 0 Å². The van der Waals surface area contributed by atoms with Crippen LogP contribution in [0.5, 0.6) is 0 Å². The van der Waals surface area contributed by atoms with Gasteiger partial charge in [-0.3, -0.25) is 9.59 Å². The number of fused-ring (bicyclic) bond motifs is 1. The van der Waals surface area contributed by atoms with Crippen molar-refractivity contribution in [1.82, 2.24) is 19.4 Å². The summed E-state index contributed by atoms with van der Waals surface area (Å²) < 4.78 is 187. The number of alkyl halides is 3. The molecule has 0 saturated carbocycles. The van der Waals surface area contributed by atoms with Crippen molar-refractivity contribution in [2.45, 2.75) is 70.1 Å². The maximum absolute atomic E-state index is 14.9. The SMILES string of the molecule is [2H]c1c([2H])c(CSc2nc(=O)c3c(n2C([2H])([2H])C(=O)N(CCN(CC)CC)C([2H])([2H])c2c([2H])c([2H])c(-c4c([2H])c([2H])c(C(F)(F)F)c(C)c4[2H])c([2H])c2[2H])CCC3)c([2H])c([2H])c1F. The van der Waals surface area contributed by atoms with Gasteiger partial charge in [-0.1, -0.05) is 73.9 Å². The third-order valence-corrected chi connectivity index (χ3v) is 8.45. The highest BCUT2D eigenvalue weighted by Crippen LogP contribution is 2.34. The maximum Gasteiger partial charge on any atom is 0.416 e. The fraction of sp³-hybridized carbons (Fsp3) is 0.378. The summed E-state index contributed by atoms with van der Waals surface area (Å²) in [4.78, 5) is 34.2. The lowest BCUT2D eigenvalue weighted by atomic mass is 9.98. The molecule has 0 unspecified atom stereocenters. The Morgan fingerprint density at radius 2 is 1.65 bits per heavy atom. The van der Waals surface area contributed by atoms with Gasteiger partial charge in [0.2, 0.25) is 5.91 Å². The van der Waals surface area contributed by atoms with E-state index in [0.29, 0.717) is 36.2 Å². The largest absolute Gasteiger partial charge is 0.416 e. The highest BCUT2D eigenvalue weighted by molar-refractivity contribution is 7.98. The first-order valence-electron chi connectivity index (χ1n) is 22.5. The first-order chi connectivity index (χ1) is 29.1. The molecule has 0 bridgehead atoms. The number of halogens is 4. The molecule has 254 valence electrons. The van der Waals surface area contributed by atoms with E-state index in [2.05, 4.69) is 4.98 Å². The molecule has 0 spiro atoms. The minimum atomic E-state index is -5.17. The number of thioether (sulfide) groups is 1. The van der Waals surface area contributed by atoms with Crippen molar-refractivity contribution < 1.29 is 42.9 Å². The van der Waals surface area contributed by atoms with Gasteiger partial charge in [-0.2, -0.15) is 18.2 Å². The molecule has 1 amide bonds. The zero-order valence-electron chi connectivity index (χ0n) is 41.2. The second-order valence-electron chi connectivity index (χ2n) is 10.6. The number of carbonyl (C=O) groups excluding carboxylic acids is 1. The normalized spacial score (nSPS) is 17.9. The van der Waals surface area contributed by atoms with Crippen molar-refractivity contribution >= 4 is 17.7 Å². The summed E-state index contributed by atoms with van der Waals surface area (Å²) in [5.41, 5.74) is -6.44. The molecule has 5 rings (SSSR count). The summed E-state index contributed by atoms with van der Waals surface area (Å²) >= 11 is 0.526. The molecular weight excluding hydrogens is 640 g/mol. The fourth-order valence-electron chi connectivity index (χ4n) is 4.95. The van der Waals surface area contributed by atoms with Crippen LogP contribution < -0.4 is 5.56 Å². The minimum Gasteiger partial charge on any atom is -0.336 e. The van der Waals surface area contributed by atoms with E-state index in [1.165, 1.54) is 0 Å². The Labute approximate surface area is 303 Å². The molecule has 3 aromatic carbocycles. The predicted molar refractivity (Wildman–Crippen MR) is 181 cm³/mol. The Hall–Kier alpha value is -3.96. The van der Waals surface area contributed by atoms with E-state index in [-0.39, 0.29) is 36.2 Å². The van der Waals surface area contributed by atoms with Crippen LogP contribution >= 0.6 is 11.8 Å². The molecule has 1 aliphatic carbocycles. The molecule has 1 aliphatic rings. The van der Waals surface area contributed by atoms with Crippen LogP contribution in [0.25, 0.3) is 11.1 Å². The Morgan fingerprint density at radius 3 is 2.31 bits per heavy atom. The zero-order chi connectivity index (χ0) is 47.6. The number of carbonyl (C=O) groups is 1. The second-order valence-corrected chi connectivity index (χ2v) is 11.5. The van der Waals surface area contributed by atoms with Crippen LogP contribution in [0, 0.1) is 12.7 Å². The van der Waals surface area contributed by atoms with E-state index in [1.807, 2.05) is 0 Å². The Balaban J connectivity index is 1.72. The summed E-state index contributed by atoms with van der Waals surface area (Å²) in [5.74, 6) is -3.61. The first-order valence-corrected chi connectivity index (χ1v) is 15.9. The monoisotopic (exact) mass is 695 g/mol. The van der Waals surface area contributed by atoms with Crippen LogP contribution in [-0.2, 0) is 42.6 Å². The van der Waals surface area contributed by atoms with Gasteiger partial charge in [-0.05, 0) is 85.2 Å². The number of likely N-dealkylation sites (N-methyl/N-ethyl adjacent to an activating group) is 1. The Kier molecular flexibility index (Phi) is 6.63. The molecule has 11 heteroatoms. The summed E-state index contributed by atoms with van der Waals surface area (Å²) in [6.45, 7) is -2.56. The molecule has 1 aromatic heterocycles. The summed E-state index contributed by atoms with van der Waals surface area (Å²) in [6, 6.07) is -11.8. The lowest BCUT2D eigenvalue weighted by Gasteiger charge is -2.28. The third-order valence-electron chi connectivity index (χ3n) is 7.49. The minimum absolute atomic E-state index is 0.00892. The number of hydrogen-bond acceptors (Lipinski definition) is 5. The van der Waals surface area contributed by atoms with E-state index >= 15 is 0 Å². The third kappa shape index (κ3) is 8.54. The highest BCUT2D eigenvalue weighted by atomic mass is 32.2. The lowest BCUT2D eigenvalue weighted by Crippen LogP contribution is -2.40. The van der Waals surface area contributed by atoms with Gasteiger partial charge in [0.1, 0.15) is 12.3 Å². The van der Waals surface area contributed by atoms with Gasteiger partial charge >= 0.3 is 6.18 Å². The van der Waals surface area contributed by atoms with Crippen molar-refractivity contribution in [3.63, 3.8) is 0 Å². The smallest absolute Gasteiger partial charge is 0.336 e. The maximum atomic E-state index is 14.9. The van der Waals surface area contributed by atoms with Crippen molar-refractivity contribution in [2.75, 3.05) is 26.2 Å². The van der Waals surface area contributed by atoms with E-state index in [4.69, 9.17) is 15.1 Å². The van der Waals surface area contributed by atoms with E-state index in [9.17, 15) is 32.6 Å². The number of rotatable bonds is 13. The summed E-state index contributed by atoms with van der Waals surface area (Å²) in [7, 11) is 0. The number of amides is 1. The van der Waals surface area contributed by atoms with Gasteiger partial charge in [0.25, 0.3) is 5.56 Å². The molecule has 0 N–H and O–H groups in total. The average molecular weight is 696 g/mol. The molecule has 0 saturated heterocycles. The molecule has 0 atom stereocenters. The topological polar surface area (TPSA) is 58.4 Å². The van der Waals surface area contributed by atoms with Crippen LogP contribution in [-0.4, -0.2) is 51.4 Å². The number of benzene rings is 3. The van der Waals surface area contributed by atoms with Gasteiger partial charge in [-0.25, -0.2) is 4.39 Å². The second kappa shape index (κ2) is 15.5. The van der Waals surface area contributed by atoms with Gasteiger partial charge < -0.3 is 14.4 Å². The zero-order valence-corrected chi connectivity index (χ0v) is 27.0. The first kappa shape index (κ1) is 20.5. The molecular formula is C37H40F4N4O2S. The van der Waals surface area contributed by atoms with Crippen LogP contribution in [0.15, 0.2) is 76.4 Å². The Bertz CT molecular complexity index is 2500. The van der Waals surface area contributed by atoms with E-state index < -0.39 is 148 Å². The molecule has 6 nitrogen and oxygen atoms in total. The van der Waals surface area contributed by atoms with Crippen LogP contribution in [0.3, 0.4) is 0 Å². The molecule has 4 aromatic rings. The fourth-order valence-corrected chi connectivity index (χ4v) is 5.80. The van der Waals surface area contributed by atoms with E-state index in [1.54, 1.807) is 18.7 Å². The van der Waals surface area contributed by atoms with Crippen molar-refractivity contribution in [2.24, 2.45) is 0 Å². The predicted octanol–water partition coefficient (Wildman–Crippen LogP) is 7.53. The Morgan fingerprint density at radius 1 is 0.979 bits per heavy atom. The standard InChI is InChI=1S/C37H40F4N4O2S/c1-4-43(5-2)19-20-44(22-26-9-13-28(14-10-26)29-15-18-32(25(3)21-29)37(39,40)41)34(46)23-45-33-8-6-7-31(33)35(47)42-36(45)48-24-27-11-16-30(38)17-12-27/h9-18,21H,4-8,19-20,22-24H2,1-3H3/i9D,10D,11D,12D,13D,14D,15D,16D,17D,18D,21D,22D2,23D2. The quantitative estimate of drug-likeness (QED) is 0.0823. The van der Waals surface area contributed by atoms with Crippen molar-refractivity contribution in [1.29, 1.82) is 0 Å². The highest BCUT2D eigenvalue weighted by Gasteiger charge is 2.32. The molecule has 1 heterocycles. The van der Waals surface area contributed by atoms with Crippen molar-refractivity contribution in [3.05, 3.63) is 116 Å². The summed E-state index contributed by atoms with van der Waals surface area (Å²) in [6.07, 6.45) is -4.72.